The maximum Gasteiger partial charge on any atom is 0.416 e. The summed E-state index contributed by atoms with van der Waals surface area (Å²) in [7, 11) is 0. The molecule has 5 nitrogen and oxygen atoms in total. The molecule has 142 valence electrons. The van der Waals surface area contributed by atoms with E-state index in [1.54, 1.807) is 19.1 Å². The molecule has 0 N–H and O–H groups in total. The zero-order valence-electron chi connectivity index (χ0n) is 14.5. The molecule has 2 aromatic carbocycles. The van der Waals surface area contributed by atoms with Gasteiger partial charge in [-0.05, 0) is 43.5 Å². The molecule has 0 aliphatic heterocycles. The first-order chi connectivity index (χ1) is 12.7. The molecule has 3 rings (SSSR count). The molecule has 8 heteroatoms. The lowest BCUT2D eigenvalue weighted by Gasteiger charge is -2.23. The number of nitro benzene ring substituents is 1. The Morgan fingerprint density at radius 2 is 1.81 bits per heavy atom. The molecular formula is C19H17F3N2O3. The molecule has 0 saturated heterocycles. The Morgan fingerprint density at radius 1 is 1.19 bits per heavy atom. The number of nitrogens with zero attached hydrogens (tertiary/aromatic N) is 2. The van der Waals surface area contributed by atoms with E-state index in [2.05, 4.69) is 0 Å². The highest BCUT2D eigenvalue weighted by molar-refractivity contribution is 5.99. The first-order valence-corrected chi connectivity index (χ1v) is 8.39. The summed E-state index contributed by atoms with van der Waals surface area (Å²) in [6.07, 6.45) is -2.88. The second-order valence-electron chi connectivity index (χ2n) is 6.59. The standard InChI is InChI=1S/C19H17F3N2O3/c1-12-3-2-4-16(17(12)24(26)27)18(25)23(15-9-10-15)11-13-5-7-14(8-6-13)19(20,21)22/h2-8,15H,9-11H2,1H3. The van der Waals surface area contributed by atoms with Crippen molar-refractivity contribution in [3.05, 3.63) is 74.8 Å². The Hall–Kier alpha value is -2.90. The molecule has 1 amide bonds. The summed E-state index contributed by atoms with van der Waals surface area (Å²) in [6.45, 7) is 1.67. The minimum Gasteiger partial charge on any atom is -0.331 e. The van der Waals surface area contributed by atoms with E-state index in [1.807, 2.05) is 0 Å². The third-order valence-corrected chi connectivity index (χ3v) is 4.53. The summed E-state index contributed by atoms with van der Waals surface area (Å²) in [5.74, 6) is -0.479. The van der Waals surface area contributed by atoms with E-state index in [-0.39, 0.29) is 23.8 Å². The van der Waals surface area contributed by atoms with Gasteiger partial charge in [-0.15, -0.1) is 0 Å². The summed E-state index contributed by atoms with van der Waals surface area (Å²) >= 11 is 0. The Balaban J connectivity index is 1.88. The third kappa shape index (κ3) is 4.10. The van der Waals surface area contributed by atoms with Crippen LogP contribution in [0.4, 0.5) is 18.9 Å². The highest BCUT2D eigenvalue weighted by Gasteiger charge is 2.36. The summed E-state index contributed by atoms with van der Waals surface area (Å²) < 4.78 is 38.1. The number of para-hydroxylation sites is 1. The first-order valence-electron chi connectivity index (χ1n) is 8.39. The van der Waals surface area contributed by atoms with Gasteiger partial charge in [-0.25, -0.2) is 0 Å². The van der Waals surface area contributed by atoms with Gasteiger partial charge in [-0.1, -0.05) is 24.3 Å². The van der Waals surface area contributed by atoms with Crippen molar-refractivity contribution in [3.63, 3.8) is 0 Å². The predicted molar refractivity (Wildman–Crippen MR) is 92.2 cm³/mol. The fourth-order valence-corrected chi connectivity index (χ4v) is 2.98. The van der Waals surface area contributed by atoms with Crippen LogP contribution < -0.4 is 0 Å². The van der Waals surface area contributed by atoms with Crippen LogP contribution in [0.1, 0.15) is 39.9 Å². The minimum atomic E-state index is -4.42. The van der Waals surface area contributed by atoms with Crippen LogP contribution in [-0.2, 0) is 12.7 Å². The Bertz CT molecular complexity index is 875. The van der Waals surface area contributed by atoms with Gasteiger partial charge in [0.15, 0.2) is 0 Å². The van der Waals surface area contributed by atoms with Gasteiger partial charge in [0.1, 0.15) is 5.56 Å². The number of amides is 1. The van der Waals surface area contributed by atoms with Crippen molar-refractivity contribution in [2.24, 2.45) is 0 Å². The van der Waals surface area contributed by atoms with E-state index < -0.39 is 22.6 Å². The molecule has 0 radical (unpaired) electrons. The Labute approximate surface area is 153 Å². The number of rotatable bonds is 5. The van der Waals surface area contributed by atoms with Gasteiger partial charge in [0.2, 0.25) is 0 Å². The lowest BCUT2D eigenvalue weighted by atomic mass is 10.1. The maximum absolute atomic E-state index is 13.0. The van der Waals surface area contributed by atoms with Crippen LogP contribution in [0, 0.1) is 17.0 Å². The van der Waals surface area contributed by atoms with Crippen molar-refractivity contribution < 1.29 is 22.9 Å². The fraction of sp³-hybridized carbons (Fsp3) is 0.316. The van der Waals surface area contributed by atoms with Gasteiger partial charge in [-0.2, -0.15) is 13.2 Å². The molecule has 1 aliphatic rings. The summed E-state index contributed by atoms with van der Waals surface area (Å²) in [6, 6.07) is 9.10. The molecule has 1 fully saturated rings. The van der Waals surface area contributed by atoms with Crippen molar-refractivity contribution in [1.29, 1.82) is 0 Å². The van der Waals surface area contributed by atoms with Crippen LogP contribution >= 0.6 is 0 Å². The first kappa shape index (κ1) is 18.9. The topological polar surface area (TPSA) is 63.5 Å². The average Bonchev–Trinajstić information content (AvgIpc) is 3.43. The van der Waals surface area contributed by atoms with E-state index in [0.29, 0.717) is 11.1 Å². The summed E-state index contributed by atoms with van der Waals surface area (Å²) in [5.41, 5.74) is -0.0704. The molecule has 0 unspecified atom stereocenters. The van der Waals surface area contributed by atoms with Gasteiger partial charge in [0.05, 0.1) is 10.5 Å². The normalized spacial score (nSPS) is 14.1. The van der Waals surface area contributed by atoms with Crippen LogP contribution in [0.2, 0.25) is 0 Å². The monoisotopic (exact) mass is 378 g/mol. The average molecular weight is 378 g/mol. The van der Waals surface area contributed by atoms with E-state index >= 15 is 0 Å². The second kappa shape index (κ2) is 7.02. The molecule has 1 saturated carbocycles. The molecule has 0 atom stereocenters. The fourth-order valence-electron chi connectivity index (χ4n) is 2.98. The number of carbonyl (C=O) groups is 1. The van der Waals surface area contributed by atoms with E-state index in [0.717, 1.165) is 25.0 Å². The highest BCUT2D eigenvalue weighted by Crippen LogP contribution is 2.33. The van der Waals surface area contributed by atoms with E-state index in [4.69, 9.17) is 0 Å². The number of hydrogen-bond donors (Lipinski definition) is 0. The molecule has 2 aromatic rings. The van der Waals surface area contributed by atoms with Gasteiger partial charge < -0.3 is 4.90 Å². The van der Waals surface area contributed by atoms with Crippen molar-refractivity contribution in [2.45, 2.75) is 38.5 Å². The van der Waals surface area contributed by atoms with Crippen LogP contribution in [0.3, 0.4) is 0 Å². The van der Waals surface area contributed by atoms with Crippen LogP contribution in [-0.4, -0.2) is 21.8 Å². The molecule has 0 aromatic heterocycles. The number of aryl methyl sites for hydroxylation is 1. The van der Waals surface area contributed by atoms with Gasteiger partial charge in [-0.3, -0.25) is 14.9 Å². The summed E-state index contributed by atoms with van der Waals surface area (Å²) in [5, 5.41) is 11.4. The zero-order valence-corrected chi connectivity index (χ0v) is 14.5. The van der Waals surface area contributed by atoms with Gasteiger partial charge in [0.25, 0.3) is 11.6 Å². The largest absolute Gasteiger partial charge is 0.416 e. The lowest BCUT2D eigenvalue weighted by Crippen LogP contribution is -2.33. The number of benzene rings is 2. The van der Waals surface area contributed by atoms with Crippen molar-refractivity contribution >= 4 is 11.6 Å². The highest BCUT2D eigenvalue weighted by atomic mass is 19.4. The zero-order chi connectivity index (χ0) is 19.8. The maximum atomic E-state index is 13.0. The summed E-state index contributed by atoms with van der Waals surface area (Å²) in [4.78, 5) is 25.3. The number of carbonyl (C=O) groups excluding carboxylic acids is 1. The van der Waals surface area contributed by atoms with Crippen molar-refractivity contribution in [2.75, 3.05) is 0 Å². The molecule has 27 heavy (non-hydrogen) atoms. The van der Waals surface area contributed by atoms with Crippen LogP contribution in [0.15, 0.2) is 42.5 Å². The number of halogens is 3. The van der Waals surface area contributed by atoms with E-state index in [9.17, 15) is 28.1 Å². The van der Waals surface area contributed by atoms with Crippen molar-refractivity contribution in [3.8, 4) is 0 Å². The van der Waals surface area contributed by atoms with Crippen molar-refractivity contribution in [1.82, 2.24) is 4.90 Å². The third-order valence-electron chi connectivity index (χ3n) is 4.53. The predicted octanol–water partition coefficient (Wildman–Crippen LogP) is 4.73. The molecule has 0 bridgehead atoms. The van der Waals surface area contributed by atoms with Gasteiger partial charge >= 0.3 is 6.18 Å². The molecule has 1 aliphatic carbocycles. The Kier molecular flexibility index (Phi) is 4.91. The van der Waals surface area contributed by atoms with Crippen LogP contribution in [0.25, 0.3) is 0 Å². The SMILES string of the molecule is Cc1cccc(C(=O)N(Cc2ccc(C(F)(F)F)cc2)C2CC2)c1[N+](=O)[O-]. The van der Waals surface area contributed by atoms with Crippen LogP contribution in [0.5, 0.6) is 0 Å². The lowest BCUT2D eigenvalue weighted by molar-refractivity contribution is -0.385. The minimum absolute atomic E-state index is 0.00110. The van der Waals surface area contributed by atoms with Gasteiger partial charge in [0, 0.05) is 18.2 Å². The second-order valence-corrected chi connectivity index (χ2v) is 6.59. The number of nitro groups is 1. The number of hydrogen-bond acceptors (Lipinski definition) is 3. The quantitative estimate of drug-likeness (QED) is 0.558. The molecular weight excluding hydrogens is 361 g/mol. The molecule has 0 heterocycles. The molecule has 0 spiro atoms. The van der Waals surface area contributed by atoms with E-state index in [1.165, 1.54) is 23.1 Å². The smallest absolute Gasteiger partial charge is 0.331 e. The Morgan fingerprint density at radius 3 is 2.33 bits per heavy atom. The number of alkyl halides is 3.